The molecule has 0 aliphatic heterocycles. The van der Waals surface area contributed by atoms with Crippen molar-refractivity contribution in [2.24, 2.45) is 0 Å². The van der Waals surface area contributed by atoms with Gasteiger partial charge in [0.05, 0.1) is 6.42 Å². The van der Waals surface area contributed by atoms with Crippen LogP contribution in [0.4, 0.5) is 0 Å². The van der Waals surface area contributed by atoms with Crippen LogP contribution in [0.2, 0.25) is 5.02 Å². The molecule has 0 spiro atoms. The molecule has 17 heavy (non-hydrogen) atoms. The van der Waals surface area contributed by atoms with Crippen LogP contribution in [-0.4, -0.2) is 11.8 Å². The fraction of sp³-hybridized carbons (Fsp3) is 0.333. The van der Waals surface area contributed by atoms with E-state index >= 15 is 0 Å². The van der Waals surface area contributed by atoms with Gasteiger partial charge < -0.3 is 0 Å². The summed E-state index contributed by atoms with van der Waals surface area (Å²) in [6.45, 7) is 1.90. The highest BCUT2D eigenvalue weighted by molar-refractivity contribution is 6.30. The first kappa shape index (κ1) is 13.5. The number of carbonyl (C=O) groups excluding carboxylic acids is 2. The molecule has 0 radical (unpaired) electrons. The number of halogens is 1. The number of hydrogen-bond acceptors (Lipinski definition) is 2. The van der Waals surface area contributed by atoms with E-state index in [0.717, 1.165) is 12.0 Å². The van der Waals surface area contributed by atoms with Gasteiger partial charge in [0, 0.05) is 11.4 Å². The van der Waals surface area contributed by atoms with Crippen molar-refractivity contribution in [2.45, 2.75) is 26.2 Å². The van der Waals surface area contributed by atoms with Gasteiger partial charge in [-0.15, -0.1) is 0 Å². The van der Waals surface area contributed by atoms with Gasteiger partial charge in [-0.25, -0.2) is 0 Å². The maximum Gasteiger partial charge on any atom is 0.242 e. The van der Waals surface area contributed by atoms with Crippen molar-refractivity contribution in [1.82, 2.24) is 10.9 Å². The Morgan fingerprint density at radius 2 is 1.71 bits per heavy atom. The lowest BCUT2D eigenvalue weighted by Crippen LogP contribution is -2.42. The number of benzene rings is 1. The maximum atomic E-state index is 11.4. The van der Waals surface area contributed by atoms with Gasteiger partial charge >= 0.3 is 0 Å². The van der Waals surface area contributed by atoms with Crippen LogP contribution in [0, 0.1) is 0 Å². The number of hydrogen-bond donors (Lipinski definition) is 2. The molecule has 0 aromatic heterocycles. The zero-order valence-electron chi connectivity index (χ0n) is 9.63. The van der Waals surface area contributed by atoms with Crippen molar-refractivity contribution in [2.75, 3.05) is 0 Å². The highest BCUT2D eigenvalue weighted by atomic mass is 35.5. The Morgan fingerprint density at radius 1 is 1.12 bits per heavy atom. The Kier molecular flexibility index (Phi) is 5.49. The van der Waals surface area contributed by atoms with Gasteiger partial charge in [0.15, 0.2) is 0 Å². The predicted molar refractivity (Wildman–Crippen MR) is 66.3 cm³/mol. The summed E-state index contributed by atoms with van der Waals surface area (Å²) in [6.07, 6.45) is 1.36. The first-order chi connectivity index (χ1) is 8.11. The highest BCUT2D eigenvalue weighted by Crippen LogP contribution is 2.09. The minimum absolute atomic E-state index is 0.183. The van der Waals surface area contributed by atoms with Crippen LogP contribution in [0.1, 0.15) is 25.3 Å². The third kappa shape index (κ3) is 5.36. The summed E-state index contributed by atoms with van der Waals surface area (Å²) >= 11 is 5.73. The van der Waals surface area contributed by atoms with E-state index in [9.17, 15) is 9.59 Å². The van der Waals surface area contributed by atoms with Crippen LogP contribution in [-0.2, 0) is 16.0 Å². The second-order valence-corrected chi connectivity index (χ2v) is 4.09. The normalized spacial score (nSPS) is 9.76. The zero-order valence-corrected chi connectivity index (χ0v) is 10.4. The Balaban J connectivity index is 2.34. The van der Waals surface area contributed by atoms with Crippen LogP contribution < -0.4 is 10.9 Å². The standard InChI is InChI=1S/C12H15ClN2O2/c1-2-3-11(16)14-15-12(17)8-9-4-6-10(13)7-5-9/h4-7H,2-3,8H2,1H3,(H,14,16)(H,15,17). The van der Waals surface area contributed by atoms with E-state index in [1.54, 1.807) is 24.3 Å². The number of nitrogens with one attached hydrogen (secondary N) is 2. The van der Waals surface area contributed by atoms with E-state index in [2.05, 4.69) is 10.9 Å². The molecule has 0 saturated heterocycles. The number of rotatable bonds is 4. The third-order valence-electron chi connectivity index (χ3n) is 2.10. The fourth-order valence-electron chi connectivity index (χ4n) is 1.26. The van der Waals surface area contributed by atoms with E-state index in [-0.39, 0.29) is 18.2 Å². The van der Waals surface area contributed by atoms with E-state index in [1.165, 1.54) is 0 Å². The summed E-state index contributed by atoms with van der Waals surface area (Å²) in [7, 11) is 0. The van der Waals surface area contributed by atoms with E-state index in [4.69, 9.17) is 11.6 Å². The second kappa shape index (κ2) is 6.91. The molecule has 2 N–H and O–H groups in total. The average molecular weight is 255 g/mol. The first-order valence-electron chi connectivity index (χ1n) is 5.44. The quantitative estimate of drug-likeness (QED) is 0.806. The fourth-order valence-corrected chi connectivity index (χ4v) is 1.39. The molecule has 0 bridgehead atoms. The summed E-state index contributed by atoms with van der Waals surface area (Å²) in [5, 5.41) is 0.630. The van der Waals surface area contributed by atoms with E-state index < -0.39 is 0 Å². The monoisotopic (exact) mass is 254 g/mol. The van der Waals surface area contributed by atoms with Gasteiger partial charge in [0.25, 0.3) is 0 Å². The lowest BCUT2D eigenvalue weighted by molar-refractivity contribution is -0.128. The van der Waals surface area contributed by atoms with Gasteiger partial charge in [0.2, 0.25) is 11.8 Å². The molecule has 0 fully saturated rings. The summed E-state index contributed by atoms with van der Waals surface area (Å²) in [4.78, 5) is 22.5. The second-order valence-electron chi connectivity index (χ2n) is 3.65. The molecular formula is C12H15ClN2O2. The minimum Gasteiger partial charge on any atom is -0.273 e. The van der Waals surface area contributed by atoms with Crippen LogP contribution in [0.3, 0.4) is 0 Å². The zero-order chi connectivity index (χ0) is 12.7. The Labute approximate surface area is 105 Å². The third-order valence-corrected chi connectivity index (χ3v) is 2.35. The molecule has 92 valence electrons. The molecule has 5 heteroatoms. The van der Waals surface area contributed by atoms with Crippen molar-refractivity contribution >= 4 is 23.4 Å². The lowest BCUT2D eigenvalue weighted by Gasteiger charge is -2.06. The molecule has 0 unspecified atom stereocenters. The smallest absolute Gasteiger partial charge is 0.242 e. The molecular weight excluding hydrogens is 240 g/mol. The van der Waals surface area contributed by atoms with Gasteiger partial charge in [-0.3, -0.25) is 20.4 Å². The lowest BCUT2D eigenvalue weighted by atomic mass is 10.1. The topological polar surface area (TPSA) is 58.2 Å². The minimum atomic E-state index is -0.253. The van der Waals surface area contributed by atoms with Crippen molar-refractivity contribution in [3.63, 3.8) is 0 Å². The Morgan fingerprint density at radius 3 is 2.29 bits per heavy atom. The molecule has 0 aliphatic carbocycles. The SMILES string of the molecule is CCCC(=O)NNC(=O)Cc1ccc(Cl)cc1. The van der Waals surface area contributed by atoms with E-state index in [0.29, 0.717) is 11.4 Å². The summed E-state index contributed by atoms with van der Waals surface area (Å²) < 4.78 is 0. The predicted octanol–water partition coefficient (Wildman–Crippen LogP) is 1.83. The van der Waals surface area contributed by atoms with Gasteiger partial charge in [-0.2, -0.15) is 0 Å². The van der Waals surface area contributed by atoms with Crippen LogP contribution in [0.25, 0.3) is 0 Å². The summed E-state index contributed by atoms with van der Waals surface area (Å²) in [5.74, 6) is -0.436. The first-order valence-corrected chi connectivity index (χ1v) is 5.81. The number of amides is 2. The molecule has 0 saturated carbocycles. The highest BCUT2D eigenvalue weighted by Gasteiger charge is 2.04. The molecule has 0 aliphatic rings. The van der Waals surface area contributed by atoms with Gasteiger partial charge in [-0.05, 0) is 24.1 Å². The molecule has 1 aromatic carbocycles. The number of hydrazine groups is 1. The van der Waals surface area contributed by atoms with Crippen molar-refractivity contribution in [3.8, 4) is 0 Å². The van der Waals surface area contributed by atoms with Crippen LogP contribution in [0.5, 0.6) is 0 Å². The maximum absolute atomic E-state index is 11.4. The number of carbonyl (C=O) groups is 2. The summed E-state index contributed by atoms with van der Waals surface area (Å²) in [6, 6.07) is 6.99. The Hall–Kier alpha value is -1.55. The molecule has 4 nitrogen and oxygen atoms in total. The van der Waals surface area contributed by atoms with Crippen molar-refractivity contribution < 1.29 is 9.59 Å². The van der Waals surface area contributed by atoms with E-state index in [1.807, 2.05) is 6.92 Å². The average Bonchev–Trinajstić information content (AvgIpc) is 2.30. The molecule has 2 amide bonds. The molecule has 0 atom stereocenters. The van der Waals surface area contributed by atoms with Crippen molar-refractivity contribution in [1.29, 1.82) is 0 Å². The van der Waals surface area contributed by atoms with Crippen LogP contribution in [0.15, 0.2) is 24.3 Å². The molecule has 0 heterocycles. The summed E-state index contributed by atoms with van der Waals surface area (Å²) in [5.41, 5.74) is 5.55. The van der Waals surface area contributed by atoms with Gasteiger partial charge in [0.1, 0.15) is 0 Å². The van der Waals surface area contributed by atoms with Crippen molar-refractivity contribution in [3.05, 3.63) is 34.9 Å². The van der Waals surface area contributed by atoms with Crippen LogP contribution >= 0.6 is 11.6 Å². The largest absolute Gasteiger partial charge is 0.273 e. The van der Waals surface area contributed by atoms with Gasteiger partial charge in [-0.1, -0.05) is 30.7 Å². The Bertz CT molecular complexity index is 390. The molecule has 1 aromatic rings. The molecule has 1 rings (SSSR count).